The molecule has 0 aliphatic rings. The molecule has 0 aromatic heterocycles. The summed E-state index contributed by atoms with van der Waals surface area (Å²) in [6.45, 7) is 10.9. The Morgan fingerprint density at radius 1 is 1.16 bits per heavy atom. The molecule has 0 spiro atoms. The van der Waals surface area contributed by atoms with Crippen LogP contribution in [0, 0.1) is 17.8 Å². The summed E-state index contributed by atoms with van der Waals surface area (Å²) in [5, 5.41) is 13.0. The predicted molar refractivity (Wildman–Crippen MR) is 79.5 cm³/mol. The number of aromatic hydroxyl groups is 1. The minimum absolute atomic E-state index is 0.188. The van der Waals surface area contributed by atoms with E-state index in [2.05, 4.69) is 33.0 Å². The van der Waals surface area contributed by atoms with Gasteiger partial charge in [-0.15, -0.1) is 0 Å². The minimum atomic E-state index is 0.188. The third-order valence-electron chi connectivity index (χ3n) is 3.67. The van der Waals surface area contributed by atoms with Gasteiger partial charge in [-0.2, -0.15) is 0 Å². The SMILES string of the molecule is COc1cc(CNCC(C(C)C)C(C)C)ccc1O. The van der Waals surface area contributed by atoms with Crippen LogP contribution in [0.3, 0.4) is 0 Å². The zero-order valence-electron chi connectivity index (χ0n) is 12.7. The number of hydrogen-bond donors (Lipinski definition) is 2. The molecule has 0 amide bonds. The lowest BCUT2D eigenvalue weighted by Crippen LogP contribution is -2.29. The largest absolute Gasteiger partial charge is 0.504 e. The number of phenolic OH excluding ortho intramolecular Hbond substituents is 1. The Morgan fingerprint density at radius 3 is 2.32 bits per heavy atom. The topological polar surface area (TPSA) is 41.5 Å². The summed E-state index contributed by atoms with van der Waals surface area (Å²) in [6.07, 6.45) is 0. The van der Waals surface area contributed by atoms with Crippen LogP contribution in [0.15, 0.2) is 18.2 Å². The molecule has 3 heteroatoms. The summed E-state index contributed by atoms with van der Waals surface area (Å²) >= 11 is 0. The van der Waals surface area contributed by atoms with Crippen molar-refractivity contribution in [1.29, 1.82) is 0 Å². The fourth-order valence-corrected chi connectivity index (χ4v) is 2.46. The van der Waals surface area contributed by atoms with E-state index < -0.39 is 0 Å². The molecule has 0 aliphatic heterocycles. The molecule has 0 unspecified atom stereocenters. The molecule has 1 rings (SSSR count). The summed E-state index contributed by atoms with van der Waals surface area (Å²) in [7, 11) is 1.57. The molecular formula is C16H27NO2. The number of nitrogens with one attached hydrogen (secondary N) is 1. The van der Waals surface area contributed by atoms with Crippen molar-refractivity contribution in [3.8, 4) is 11.5 Å². The number of methoxy groups -OCH3 is 1. The van der Waals surface area contributed by atoms with E-state index in [-0.39, 0.29) is 5.75 Å². The Balaban J connectivity index is 2.53. The number of ether oxygens (including phenoxy) is 1. The second kappa shape index (κ2) is 7.39. The molecule has 1 aromatic carbocycles. The van der Waals surface area contributed by atoms with Crippen molar-refractivity contribution in [3.63, 3.8) is 0 Å². The summed E-state index contributed by atoms with van der Waals surface area (Å²) in [5.74, 6) is 2.76. The average molecular weight is 265 g/mol. The fourth-order valence-electron chi connectivity index (χ4n) is 2.46. The van der Waals surface area contributed by atoms with Crippen LogP contribution in [0.1, 0.15) is 33.3 Å². The average Bonchev–Trinajstić information content (AvgIpc) is 2.35. The Hall–Kier alpha value is -1.22. The first kappa shape index (κ1) is 15.8. The molecule has 0 radical (unpaired) electrons. The molecule has 0 saturated carbocycles. The van der Waals surface area contributed by atoms with Crippen molar-refractivity contribution < 1.29 is 9.84 Å². The van der Waals surface area contributed by atoms with Crippen LogP contribution in [-0.2, 0) is 6.54 Å². The highest BCUT2D eigenvalue weighted by Crippen LogP contribution is 2.26. The van der Waals surface area contributed by atoms with Crippen LogP contribution in [0.25, 0.3) is 0 Å². The first-order valence-electron chi connectivity index (χ1n) is 7.02. The monoisotopic (exact) mass is 265 g/mol. The highest BCUT2D eigenvalue weighted by Gasteiger charge is 2.16. The quantitative estimate of drug-likeness (QED) is 0.793. The Morgan fingerprint density at radius 2 is 1.79 bits per heavy atom. The maximum absolute atomic E-state index is 9.55. The van der Waals surface area contributed by atoms with E-state index in [1.807, 2.05) is 12.1 Å². The number of phenols is 1. The van der Waals surface area contributed by atoms with Crippen LogP contribution in [0.5, 0.6) is 11.5 Å². The number of hydrogen-bond acceptors (Lipinski definition) is 3. The Kier molecular flexibility index (Phi) is 6.16. The smallest absolute Gasteiger partial charge is 0.160 e. The van der Waals surface area contributed by atoms with Crippen molar-refractivity contribution >= 4 is 0 Å². The molecule has 0 aliphatic carbocycles. The lowest BCUT2D eigenvalue weighted by Gasteiger charge is -2.25. The van der Waals surface area contributed by atoms with Gasteiger partial charge < -0.3 is 15.2 Å². The summed E-state index contributed by atoms with van der Waals surface area (Å²) in [4.78, 5) is 0. The van der Waals surface area contributed by atoms with E-state index in [4.69, 9.17) is 4.74 Å². The Labute approximate surface area is 117 Å². The molecular weight excluding hydrogens is 238 g/mol. The molecule has 0 saturated heterocycles. The zero-order valence-corrected chi connectivity index (χ0v) is 12.7. The van der Waals surface area contributed by atoms with Crippen molar-refractivity contribution in [2.45, 2.75) is 34.2 Å². The molecule has 19 heavy (non-hydrogen) atoms. The molecule has 3 nitrogen and oxygen atoms in total. The lowest BCUT2D eigenvalue weighted by atomic mass is 9.85. The van der Waals surface area contributed by atoms with Gasteiger partial charge in [0, 0.05) is 6.54 Å². The van der Waals surface area contributed by atoms with Gasteiger partial charge >= 0.3 is 0 Å². The van der Waals surface area contributed by atoms with E-state index in [0.717, 1.165) is 18.7 Å². The number of rotatable bonds is 7. The predicted octanol–water partition coefficient (Wildman–Crippen LogP) is 3.42. The van der Waals surface area contributed by atoms with Crippen LogP contribution in [0.2, 0.25) is 0 Å². The maximum Gasteiger partial charge on any atom is 0.160 e. The van der Waals surface area contributed by atoms with Crippen molar-refractivity contribution in [1.82, 2.24) is 5.32 Å². The van der Waals surface area contributed by atoms with Gasteiger partial charge in [0.25, 0.3) is 0 Å². The van der Waals surface area contributed by atoms with E-state index in [1.165, 1.54) is 0 Å². The van der Waals surface area contributed by atoms with Crippen LogP contribution in [0.4, 0.5) is 0 Å². The highest BCUT2D eigenvalue weighted by molar-refractivity contribution is 5.41. The van der Waals surface area contributed by atoms with Gasteiger partial charge in [-0.25, -0.2) is 0 Å². The number of benzene rings is 1. The standard InChI is InChI=1S/C16H27NO2/c1-11(2)14(12(3)4)10-17-9-13-6-7-15(18)16(8-13)19-5/h6-8,11-12,14,17-18H,9-10H2,1-5H3. The molecule has 0 bridgehead atoms. The van der Waals surface area contributed by atoms with Crippen molar-refractivity contribution in [3.05, 3.63) is 23.8 Å². The molecule has 108 valence electrons. The van der Waals surface area contributed by atoms with Gasteiger partial charge in [-0.1, -0.05) is 33.8 Å². The van der Waals surface area contributed by atoms with Crippen LogP contribution >= 0.6 is 0 Å². The fraction of sp³-hybridized carbons (Fsp3) is 0.625. The maximum atomic E-state index is 9.55. The third kappa shape index (κ3) is 4.75. The third-order valence-corrected chi connectivity index (χ3v) is 3.67. The lowest BCUT2D eigenvalue weighted by molar-refractivity contribution is 0.275. The van der Waals surface area contributed by atoms with E-state index >= 15 is 0 Å². The summed E-state index contributed by atoms with van der Waals surface area (Å²) in [6, 6.07) is 5.48. The molecule has 0 heterocycles. The van der Waals surface area contributed by atoms with Crippen molar-refractivity contribution in [2.24, 2.45) is 17.8 Å². The van der Waals surface area contributed by atoms with Gasteiger partial charge in [0.15, 0.2) is 11.5 Å². The van der Waals surface area contributed by atoms with Gasteiger partial charge in [0.05, 0.1) is 7.11 Å². The Bertz CT molecular complexity index is 380. The minimum Gasteiger partial charge on any atom is -0.504 e. The molecule has 0 atom stereocenters. The molecule has 1 aromatic rings. The first-order valence-corrected chi connectivity index (χ1v) is 7.02. The molecule has 0 fully saturated rings. The first-order chi connectivity index (χ1) is 8.95. The normalized spacial score (nSPS) is 11.6. The van der Waals surface area contributed by atoms with Gasteiger partial charge in [-0.05, 0) is 42.0 Å². The van der Waals surface area contributed by atoms with E-state index in [1.54, 1.807) is 13.2 Å². The van der Waals surface area contributed by atoms with Gasteiger partial charge in [0.2, 0.25) is 0 Å². The van der Waals surface area contributed by atoms with Crippen LogP contribution < -0.4 is 10.1 Å². The van der Waals surface area contributed by atoms with Gasteiger partial charge in [0.1, 0.15) is 0 Å². The van der Waals surface area contributed by atoms with Gasteiger partial charge in [-0.3, -0.25) is 0 Å². The van der Waals surface area contributed by atoms with E-state index in [0.29, 0.717) is 23.5 Å². The van der Waals surface area contributed by atoms with Crippen molar-refractivity contribution in [2.75, 3.05) is 13.7 Å². The van der Waals surface area contributed by atoms with E-state index in [9.17, 15) is 5.11 Å². The zero-order chi connectivity index (χ0) is 14.4. The summed E-state index contributed by atoms with van der Waals surface area (Å²) in [5.41, 5.74) is 1.13. The van der Waals surface area contributed by atoms with Crippen LogP contribution in [-0.4, -0.2) is 18.8 Å². The second-order valence-corrected chi connectivity index (χ2v) is 5.79. The molecule has 2 N–H and O–H groups in total. The second-order valence-electron chi connectivity index (χ2n) is 5.79. The summed E-state index contributed by atoms with van der Waals surface area (Å²) < 4.78 is 5.11. The highest BCUT2D eigenvalue weighted by atomic mass is 16.5.